The van der Waals surface area contributed by atoms with E-state index >= 15 is 0 Å². The van der Waals surface area contributed by atoms with Gasteiger partial charge < -0.3 is 10.4 Å². The molecular weight excluding hydrogens is 373 g/mol. The van der Waals surface area contributed by atoms with Crippen LogP contribution in [0, 0.1) is 17.1 Å². The monoisotopic (exact) mass is 397 g/mol. The van der Waals surface area contributed by atoms with E-state index in [1.54, 1.807) is 13.0 Å². The number of nitriles is 1. The molecule has 0 bridgehead atoms. The summed E-state index contributed by atoms with van der Waals surface area (Å²) in [6, 6.07) is 6.85. The first-order chi connectivity index (χ1) is 13.5. The number of halogens is 1. The lowest BCUT2D eigenvalue weighted by molar-refractivity contribution is -0.117. The van der Waals surface area contributed by atoms with Gasteiger partial charge in [-0.25, -0.2) is 4.39 Å². The van der Waals surface area contributed by atoms with Crippen molar-refractivity contribution >= 4 is 11.7 Å². The fourth-order valence-corrected chi connectivity index (χ4v) is 2.86. The van der Waals surface area contributed by atoms with Crippen LogP contribution < -0.4 is 5.32 Å². The molecule has 1 aromatic heterocycles. The van der Waals surface area contributed by atoms with Gasteiger partial charge in [-0.3, -0.25) is 14.6 Å². The first-order valence-electron chi connectivity index (χ1n) is 9.20. The number of nitrogens with zero attached hydrogens (tertiary/aromatic N) is 2. The zero-order valence-electron chi connectivity index (χ0n) is 16.9. The number of pyridine rings is 1. The number of aromatic nitrogens is 1. The molecule has 0 aliphatic carbocycles. The van der Waals surface area contributed by atoms with E-state index in [4.69, 9.17) is 5.26 Å². The molecule has 1 aromatic carbocycles. The Morgan fingerprint density at radius 3 is 2.59 bits per heavy atom. The van der Waals surface area contributed by atoms with E-state index in [2.05, 4.69) is 10.3 Å². The van der Waals surface area contributed by atoms with Crippen LogP contribution in [0.4, 0.5) is 4.39 Å². The van der Waals surface area contributed by atoms with Crippen molar-refractivity contribution in [3.05, 3.63) is 58.7 Å². The predicted octanol–water partition coefficient (Wildman–Crippen LogP) is 3.22. The molecule has 6 nitrogen and oxygen atoms in total. The second-order valence-electron chi connectivity index (χ2n) is 7.98. The van der Waals surface area contributed by atoms with Gasteiger partial charge in [0.15, 0.2) is 0 Å². The molecule has 0 spiro atoms. The Morgan fingerprint density at radius 1 is 1.28 bits per heavy atom. The third kappa shape index (κ3) is 5.85. The highest BCUT2D eigenvalue weighted by molar-refractivity contribution is 5.93. The van der Waals surface area contributed by atoms with Crippen LogP contribution in [0.25, 0.3) is 0 Å². The average molecular weight is 397 g/mol. The number of hydrogen-bond acceptors (Lipinski definition) is 5. The largest absolute Gasteiger partial charge is 0.508 e. The van der Waals surface area contributed by atoms with E-state index in [0.717, 1.165) is 0 Å². The summed E-state index contributed by atoms with van der Waals surface area (Å²) in [5, 5.41) is 21.4. The Balaban J connectivity index is 2.12. The van der Waals surface area contributed by atoms with Gasteiger partial charge in [-0.1, -0.05) is 20.8 Å². The molecule has 2 rings (SSSR count). The van der Waals surface area contributed by atoms with E-state index in [9.17, 15) is 19.1 Å². The molecule has 1 amide bonds. The molecular formula is C22H24FN3O3. The van der Waals surface area contributed by atoms with E-state index in [-0.39, 0.29) is 35.6 Å². The number of carbonyl (C=O) groups excluding carboxylic acids is 2. The summed E-state index contributed by atoms with van der Waals surface area (Å²) >= 11 is 0. The second-order valence-corrected chi connectivity index (χ2v) is 7.98. The van der Waals surface area contributed by atoms with Gasteiger partial charge in [0.1, 0.15) is 29.1 Å². The van der Waals surface area contributed by atoms with Gasteiger partial charge in [0.25, 0.3) is 5.91 Å². The van der Waals surface area contributed by atoms with E-state index in [1.807, 2.05) is 26.8 Å². The number of ketones is 1. The number of phenols is 1. The van der Waals surface area contributed by atoms with Crippen LogP contribution in [0.2, 0.25) is 0 Å². The number of rotatable bonds is 6. The molecule has 0 saturated heterocycles. The van der Waals surface area contributed by atoms with Crippen LogP contribution in [0.1, 0.15) is 54.9 Å². The van der Waals surface area contributed by atoms with Crippen LogP contribution in [0.5, 0.6) is 5.75 Å². The SMILES string of the molecule is CC(C#N)NC(=O)c1cc(CC(=O)Cc2cc(O)c(C(C)(C)C)cc2F)ccn1. The minimum absolute atomic E-state index is 0.0160. The summed E-state index contributed by atoms with van der Waals surface area (Å²) in [5.74, 6) is -1.37. The quantitative estimate of drug-likeness (QED) is 0.779. The molecule has 0 fully saturated rings. The van der Waals surface area contributed by atoms with Gasteiger partial charge in [-0.05, 0) is 47.7 Å². The molecule has 1 heterocycles. The van der Waals surface area contributed by atoms with Gasteiger partial charge in [-0.15, -0.1) is 0 Å². The Morgan fingerprint density at radius 2 is 1.97 bits per heavy atom. The predicted molar refractivity (Wildman–Crippen MR) is 106 cm³/mol. The maximum atomic E-state index is 14.4. The first-order valence-corrected chi connectivity index (χ1v) is 9.20. The summed E-state index contributed by atoms with van der Waals surface area (Å²) in [6.45, 7) is 7.13. The fourth-order valence-electron chi connectivity index (χ4n) is 2.86. The second kappa shape index (κ2) is 8.82. The lowest BCUT2D eigenvalue weighted by Crippen LogP contribution is -2.32. The van der Waals surface area contributed by atoms with Crippen molar-refractivity contribution in [1.29, 1.82) is 5.26 Å². The van der Waals surface area contributed by atoms with Crippen LogP contribution in [-0.4, -0.2) is 27.8 Å². The fraction of sp³-hybridized carbons (Fsp3) is 0.364. The van der Waals surface area contributed by atoms with Crippen LogP contribution in [0.15, 0.2) is 30.5 Å². The van der Waals surface area contributed by atoms with Gasteiger partial charge in [0, 0.05) is 24.6 Å². The van der Waals surface area contributed by atoms with Crippen molar-refractivity contribution in [2.45, 2.75) is 52.0 Å². The van der Waals surface area contributed by atoms with E-state index in [1.165, 1.54) is 24.4 Å². The number of carbonyl (C=O) groups is 2. The Labute approximate surface area is 169 Å². The van der Waals surface area contributed by atoms with Crippen molar-refractivity contribution in [1.82, 2.24) is 10.3 Å². The first kappa shape index (κ1) is 22.0. The van der Waals surface area contributed by atoms with Crippen LogP contribution >= 0.6 is 0 Å². The molecule has 1 atom stereocenters. The van der Waals surface area contributed by atoms with Gasteiger partial charge in [0.2, 0.25) is 0 Å². The normalized spacial score (nSPS) is 12.1. The molecule has 0 saturated carbocycles. The van der Waals surface area contributed by atoms with Gasteiger partial charge >= 0.3 is 0 Å². The lowest BCUT2D eigenvalue weighted by Gasteiger charge is -2.21. The Hall–Kier alpha value is -3.27. The average Bonchev–Trinajstić information content (AvgIpc) is 2.63. The third-order valence-electron chi connectivity index (χ3n) is 4.36. The molecule has 2 N–H and O–H groups in total. The number of aromatic hydroxyl groups is 1. The molecule has 152 valence electrons. The van der Waals surface area contributed by atoms with Gasteiger partial charge in [-0.2, -0.15) is 5.26 Å². The molecule has 1 unspecified atom stereocenters. The van der Waals surface area contributed by atoms with E-state index in [0.29, 0.717) is 11.1 Å². The lowest BCUT2D eigenvalue weighted by atomic mass is 9.85. The molecule has 7 heteroatoms. The number of nitrogens with one attached hydrogen (secondary N) is 1. The highest BCUT2D eigenvalue weighted by atomic mass is 19.1. The Kier molecular flexibility index (Phi) is 6.70. The number of Topliss-reactive ketones (excluding diaryl/α,β-unsaturated/α-hetero) is 1. The molecule has 0 aliphatic rings. The zero-order chi connectivity index (χ0) is 21.8. The maximum Gasteiger partial charge on any atom is 0.270 e. The smallest absolute Gasteiger partial charge is 0.270 e. The van der Waals surface area contributed by atoms with Crippen LogP contribution in [0.3, 0.4) is 0 Å². The van der Waals surface area contributed by atoms with Crippen molar-refractivity contribution in [2.24, 2.45) is 0 Å². The van der Waals surface area contributed by atoms with Crippen molar-refractivity contribution in [3.63, 3.8) is 0 Å². The molecule has 0 radical (unpaired) electrons. The summed E-state index contributed by atoms with van der Waals surface area (Å²) in [7, 11) is 0. The maximum absolute atomic E-state index is 14.4. The minimum atomic E-state index is -0.665. The number of benzene rings is 1. The Bertz CT molecular complexity index is 974. The highest BCUT2D eigenvalue weighted by Crippen LogP contribution is 2.32. The zero-order valence-corrected chi connectivity index (χ0v) is 16.9. The van der Waals surface area contributed by atoms with Gasteiger partial charge in [0.05, 0.1) is 6.07 Å². The highest BCUT2D eigenvalue weighted by Gasteiger charge is 2.21. The number of amides is 1. The molecule has 0 aliphatic heterocycles. The number of hydrogen-bond donors (Lipinski definition) is 2. The summed E-state index contributed by atoms with van der Waals surface area (Å²) < 4.78 is 14.4. The van der Waals surface area contributed by atoms with Crippen molar-refractivity contribution in [3.8, 4) is 11.8 Å². The number of phenolic OH excluding ortho intramolecular Hbond substituents is 1. The summed E-state index contributed by atoms with van der Waals surface area (Å²) in [6.07, 6.45) is 1.20. The molecule has 2 aromatic rings. The topological polar surface area (TPSA) is 103 Å². The van der Waals surface area contributed by atoms with Crippen LogP contribution in [-0.2, 0) is 23.1 Å². The molecule has 29 heavy (non-hydrogen) atoms. The van der Waals surface area contributed by atoms with E-state index < -0.39 is 23.2 Å². The summed E-state index contributed by atoms with van der Waals surface area (Å²) in [4.78, 5) is 28.4. The van der Waals surface area contributed by atoms with Crippen molar-refractivity contribution < 1.29 is 19.1 Å². The standard InChI is InChI=1S/C22H24FN3O3/c1-13(12-24)26-21(29)19-8-14(5-6-25-19)7-16(27)9-15-10-20(28)17(11-18(15)23)22(2,3)4/h5-6,8,10-11,13,28H,7,9H2,1-4H3,(H,26,29). The summed E-state index contributed by atoms with van der Waals surface area (Å²) in [5.41, 5.74) is 0.814. The minimum Gasteiger partial charge on any atom is -0.508 e. The third-order valence-corrected chi connectivity index (χ3v) is 4.36. The van der Waals surface area contributed by atoms with Crippen molar-refractivity contribution in [2.75, 3.05) is 0 Å².